The minimum atomic E-state index is 0.0872. The molecule has 0 aliphatic carbocycles. The maximum atomic E-state index is 8.38. The Morgan fingerprint density at radius 1 is 1.45 bits per heavy atom. The summed E-state index contributed by atoms with van der Waals surface area (Å²) in [6.07, 6.45) is 0. The molecule has 0 N–H and O–H groups in total. The molecular weight excluding hydrogens is 269 g/mol. The number of hydrogen-bond acceptors (Lipinski definition) is 1. The molecule has 0 amide bonds. The van der Waals surface area contributed by atoms with Crippen molar-refractivity contribution in [1.29, 1.82) is 5.26 Å². The van der Waals surface area contributed by atoms with Crippen molar-refractivity contribution in [3.8, 4) is 4.97 Å². The van der Waals surface area contributed by atoms with Crippen LogP contribution in [0, 0.1) is 10.2 Å². The summed E-state index contributed by atoms with van der Waals surface area (Å²) >= 11 is 3.51. The van der Waals surface area contributed by atoms with Gasteiger partial charge in [0.2, 0.25) is 0 Å². The van der Waals surface area contributed by atoms with Crippen LogP contribution in [0.25, 0.3) is 0 Å². The van der Waals surface area contributed by atoms with E-state index in [1.54, 1.807) is 0 Å². The van der Waals surface area contributed by atoms with Gasteiger partial charge in [0, 0.05) is 0 Å². The van der Waals surface area contributed by atoms with Crippen LogP contribution >= 0.6 is 15.9 Å². The average molecular weight is 275 g/mol. The van der Waals surface area contributed by atoms with Crippen LogP contribution < -0.4 is 0 Å². The standard InChI is InChI=1S/C8H6BrNSe/c9-8-4-2-1-3-7(8)5-11-6-10/h1-4H,5H2. The molecule has 56 valence electrons. The van der Waals surface area contributed by atoms with Gasteiger partial charge in [-0.25, -0.2) is 0 Å². The summed E-state index contributed by atoms with van der Waals surface area (Å²) in [5.74, 6) is 0. The Hall–Kier alpha value is -0.291. The van der Waals surface area contributed by atoms with Gasteiger partial charge in [-0.3, -0.25) is 0 Å². The van der Waals surface area contributed by atoms with Gasteiger partial charge in [0.1, 0.15) is 0 Å². The molecule has 0 saturated heterocycles. The van der Waals surface area contributed by atoms with E-state index >= 15 is 0 Å². The number of rotatable bonds is 2. The molecule has 0 saturated carbocycles. The van der Waals surface area contributed by atoms with Gasteiger partial charge in [-0.05, 0) is 0 Å². The van der Waals surface area contributed by atoms with E-state index in [0.717, 1.165) is 9.79 Å². The second kappa shape index (κ2) is 4.56. The van der Waals surface area contributed by atoms with Crippen molar-refractivity contribution in [2.75, 3.05) is 0 Å². The molecular formula is C8H6BrNSe. The average Bonchev–Trinajstić information content (AvgIpc) is 2.03. The van der Waals surface area contributed by atoms with Gasteiger partial charge in [0.05, 0.1) is 0 Å². The van der Waals surface area contributed by atoms with Crippen LogP contribution in [0.3, 0.4) is 0 Å². The molecule has 1 aromatic carbocycles. The molecule has 0 spiro atoms. The molecule has 1 nitrogen and oxygen atoms in total. The van der Waals surface area contributed by atoms with Crippen LogP contribution in [0.1, 0.15) is 5.56 Å². The van der Waals surface area contributed by atoms with E-state index in [1.807, 2.05) is 24.3 Å². The fourth-order valence-electron chi connectivity index (χ4n) is 0.725. The molecule has 0 radical (unpaired) electrons. The van der Waals surface area contributed by atoms with Crippen molar-refractivity contribution in [1.82, 2.24) is 0 Å². The molecule has 0 aromatic heterocycles. The zero-order valence-electron chi connectivity index (χ0n) is 5.75. The summed E-state index contributed by atoms with van der Waals surface area (Å²) in [5.41, 5.74) is 1.23. The van der Waals surface area contributed by atoms with Gasteiger partial charge in [-0.15, -0.1) is 0 Å². The van der Waals surface area contributed by atoms with Crippen molar-refractivity contribution in [3.05, 3.63) is 34.3 Å². The molecule has 0 unspecified atom stereocenters. The first-order chi connectivity index (χ1) is 5.34. The van der Waals surface area contributed by atoms with E-state index in [9.17, 15) is 0 Å². The molecule has 1 aromatic rings. The van der Waals surface area contributed by atoms with Crippen LogP contribution in [0.15, 0.2) is 28.7 Å². The second-order valence-corrected chi connectivity index (χ2v) is 4.42. The first-order valence-corrected chi connectivity index (χ1v) is 5.95. The molecule has 0 atom stereocenters. The molecule has 11 heavy (non-hydrogen) atoms. The Labute approximate surface area is 80.7 Å². The number of hydrogen-bond donors (Lipinski definition) is 0. The Bertz CT molecular complexity index is 280. The molecule has 1 rings (SSSR count). The third kappa shape index (κ3) is 2.67. The zero-order chi connectivity index (χ0) is 8.10. The predicted molar refractivity (Wildman–Crippen MR) is 49.2 cm³/mol. The first-order valence-electron chi connectivity index (χ1n) is 3.09. The van der Waals surface area contributed by atoms with E-state index < -0.39 is 0 Å². The minimum absolute atomic E-state index is 0.0872. The van der Waals surface area contributed by atoms with Crippen molar-refractivity contribution in [3.63, 3.8) is 0 Å². The van der Waals surface area contributed by atoms with Crippen molar-refractivity contribution < 1.29 is 0 Å². The Kier molecular flexibility index (Phi) is 3.65. The summed E-state index contributed by atoms with van der Waals surface area (Å²) in [4.78, 5) is 2.19. The maximum absolute atomic E-state index is 8.38. The number of benzene rings is 1. The number of nitrogens with zero attached hydrogens (tertiary/aromatic N) is 1. The third-order valence-corrected chi connectivity index (χ3v) is 3.25. The van der Waals surface area contributed by atoms with Crippen LogP contribution in [0.2, 0.25) is 0 Å². The van der Waals surface area contributed by atoms with Gasteiger partial charge < -0.3 is 0 Å². The molecule has 3 heteroatoms. The van der Waals surface area contributed by atoms with Gasteiger partial charge in [0.15, 0.2) is 0 Å². The SMILES string of the molecule is N#C[Se]Cc1ccccc1Br. The number of nitriles is 1. The topological polar surface area (TPSA) is 23.8 Å². The first kappa shape index (κ1) is 8.80. The third-order valence-electron chi connectivity index (χ3n) is 1.25. The van der Waals surface area contributed by atoms with Crippen LogP contribution in [0.4, 0.5) is 0 Å². The molecule has 0 aliphatic heterocycles. The van der Waals surface area contributed by atoms with Crippen LogP contribution in [-0.4, -0.2) is 15.0 Å². The summed E-state index contributed by atoms with van der Waals surface area (Å²) < 4.78 is 1.11. The van der Waals surface area contributed by atoms with Crippen LogP contribution in [-0.2, 0) is 5.32 Å². The van der Waals surface area contributed by atoms with Gasteiger partial charge in [-0.1, -0.05) is 0 Å². The second-order valence-electron chi connectivity index (χ2n) is 1.97. The quantitative estimate of drug-likeness (QED) is 0.758. The summed E-state index contributed by atoms with van der Waals surface area (Å²) in [6, 6.07) is 8.02. The molecule has 0 aliphatic rings. The Morgan fingerprint density at radius 3 is 2.82 bits per heavy atom. The zero-order valence-corrected chi connectivity index (χ0v) is 9.05. The fourth-order valence-corrected chi connectivity index (χ4v) is 2.56. The summed E-state index contributed by atoms with van der Waals surface area (Å²) in [5, 5.41) is 9.27. The van der Waals surface area contributed by atoms with Gasteiger partial charge in [0.25, 0.3) is 0 Å². The van der Waals surface area contributed by atoms with E-state index in [-0.39, 0.29) is 15.0 Å². The van der Waals surface area contributed by atoms with Crippen molar-refractivity contribution in [2.45, 2.75) is 5.32 Å². The predicted octanol–water partition coefficient (Wildman–Crippen LogP) is 2.13. The monoisotopic (exact) mass is 275 g/mol. The van der Waals surface area contributed by atoms with Gasteiger partial charge in [-0.2, -0.15) is 0 Å². The summed E-state index contributed by atoms with van der Waals surface area (Å²) in [6.45, 7) is 0. The molecule has 0 bridgehead atoms. The van der Waals surface area contributed by atoms with Crippen molar-refractivity contribution >= 4 is 30.9 Å². The van der Waals surface area contributed by atoms with Gasteiger partial charge >= 0.3 is 80.7 Å². The van der Waals surface area contributed by atoms with Crippen LogP contribution in [0.5, 0.6) is 0 Å². The Balaban J connectivity index is 2.71. The number of halogens is 1. The molecule has 0 heterocycles. The normalized spacial score (nSPS) is 9.09. The van der Waals surface area contributed by atoms with E-state index in [4.69, 9.17) is 5.26 Å². The fraction of sp³-hybridized carbons (Fsp3) is 0.125. The van der Waals surface area contributed by atoms with E-state index in [0.29, 0.717) is 0 Å². The van der Waals surface area contributed by atoms with E-state index in [2.05, 4.69) is 20.9 Å². The molecule has 0 fully saturated rings. The van der Waals surface area contributed by atoms with Crippen molar-refractivity contribution in [2.24, 2.45) is 0 Å². The van der Waals surface area contributed by atoms with E-state index in [1.165, 1.54) is 5.56 Å². The summed E-state index contributed by atoms with van der Waals surface area (Å²) in [7, 11) is 0. The Morgan fingerprint density at radius 2 is 2.18 bits per heavy atom.